The van der Waals surface area contributed by atoms with Gasteiger partial charge in [0, 0.05) is 41.4 Å². The molecule has 0 aliphatic heterocycles. The van der Waals surface area contributed by atoms with E-state index in [4.69, 9.17) is 5.11 Å². The average molecular weight is 357 g/mol. The van der Waals surface area contributed by atoms with Crippen molar-refractivity contribution in [2.45, 2.75) is 25.8 Å². The molecule has 1 aromatic heterocycles. The number of unbranched alkanes of at least 4 members (excludes halogenated alkanes) is 2. The normalized spacial score (nSPS) is 11.3. The molecule has 0 aliphatic carbocycles. The van der Waals surface area contributed by atoms with E-state index in [1.165, 1.54) is 0 Å². The summed E-state index contributed by atoms with van der Waals surface area (Å²) >= 11 is 0. The van der Waals surface area contributed by atoms with E-state index >= 15 is 0 Å². The molecule has 0 unspecified atom stereocenters. The molecule has 0 atom stereocenters. The van der Waals surface area contributed by atoms with Crippen LogP contribution < -0.4 is 0 Å². The third-order valence-electron chi connectivity index (χ3n) is 5.12. The van der Waals surface area contributed by atoms with Crippen LogP contribution in [0.4, 0.5) is 0 Å². The highest BCUT2D eigenvalue weighted by Gasteiger charge is 2.18. The summed E-state index contributed by atoms with van der Waals surface area (Å²) in [7, 11) is 0. The fourth-order valence-corrected chi connectivity index (χ4v) is 3.75. The first-order valence-electron chi connectivity index (χ1n) is 9.51. The second kappa shape index (κ2) is 7.77. The maximum Gasteiger partial charge on any atom is 0.195 e. The standard InChI is InChI=1S/C24H23NO2/c26-16-7-1-6-15-25-17-22(20-12-4-5-14-23(20)25)24(27)21-13-8-10-18-9-2-3-11-19(18)21/h2-5,8-14,17,26H,1,6-7,15-16H2. The molecule has 3 heteroatoms. The van der Waals surface area contributed by atoms with E-state index in [0.717, 1.165) is 58.6 Å². The molecule has 1 heterocycles. The smallest absolute Gasteiger partial charge is 0.195 e. The minimum absolute atomic E-state index is 0.0668. The first-order chi connectivity index (χ1) is 13.3. The quantitative estimate of drug-likeness (QED) is 0.365. The van der Waals surface area contributed by atoms with E-state index in [1.807, 2.05) is 66.9 Å². The van der Waals surface area contributed by atoms with Gasteiger partial charge in [-0.15, -0.1) is 0 Å². The third-order valence-corrected chi connectivity index (χ3v) is 5.12. The van der Waals surface area contributed by atoms with Gasteiger partial charge in [-0.05, 0) is 36.1 Å². The van der Waals surface area contributed by atoms with Crippen molar-refractivity contribution in [3.05, 3.63) is 84.1 Å². The van der Waals surface area contributed by atoms with Gasteiger partial charge in [0.25, 0.3) is 0 Å². The number of aliphatic hydroxyl groups is 1. The molecule has 0 radical (unpaired) electrons. The Hall–Kier alpha value is -2.91. The first-order valence-corrected chi connectivity index (χ1v) is 9.51. The molecule has 3 aromatic carbocycles. The van der Waals surface area contributed by atoms with Crippen molar-refractivity contribution in [3.8, 4) is 0 Å². The molecule has 0 aliphatic rings. The lowest BCUT2D eigenvalue weighted by Gasteiger charge is -2.05. The SMILES string of the molecule is O=C(c1cccc2ccccc12)c1cn(CCCCCO)c2ccccc12. The maximum absolute atomic E-state index is 13.4. The van der Waals surface area contributed by atoms with Crippen LogP contribution in [0.3, 0.4) is 0 Å². The zero-order chi connectivity index (χ0) is 18.6. The van der Waals surface area contributed by atoms with Crippen LogP contribution in [-0.4, -0.2) is 22.1 Å². The number of rotatable bonds is 7. The second-order valence-corrected chi connectivity index (χ2v) is 6.89. The molecule has 0 spiro atoms. The van der Waals surface area contributed by atoms with Gasteiger partial charge in [-0.3, -0.25) is 4.79 Å². The number of aromatic nitrogens is 1. The van der Waals surface area contributed by atoms with Crippen molar-refractivity contribution in [1.82, 2.24) is 4.57 Å². The highest BCUT2D eigenvalue weighted by atomic mass is 16.2. The molecular weight excluding hydrogens is 334 g/mol. The molecule has 0 saturated carbocycles. The monoisotopic (exact) mass is 357 g/mol. The Morgan fingerprint density at radius 1 is 0.778 bits per heavy atom. The van der Waals surface area contributed by atoms with Crippen LogP contribution in [0.2, 0.25) is 0 Å². The lowest BCUT2D eigenvalue weighted by Crippen LogP contribution is -2.02. The number of hydrogen-bond acceptors (Lipinski definition) is 2. The van der Waals surface area contributed by atoms with Crippen molar-refractivity contribution in [3.63, 3.8) is 0 Å². The predicted molar refractivity (Wildman–Crippen MR) is 110 cm³/mol. The van der Waals surface area contributed by atoms with Crippen LogP contribution in [0.25, 0.3) is 21.7 Å². The van der Waals surface area contributed by atoms with E-state index in [1.54, 1.807) is 0 Å². The van der Waals surface area contributed by atoms with Crippen LogP contribution in [0, 0.1) is 0 Å². The van der Waals surface area contributed by atoms with Crippen molar-refractivity contribution in [2.75, 3.05) is 6.61 Å². The topological polar surface area (TPSA) is 42.2 Å². The molecule has 3 nitrogen and oxygen atoms in total. The molecule has 0 fully saturated rings. The molecule has 136 valence electrons. The molecule has 4 aromatic rings. The van der Waals surface area contributed by atoms with Crippen LogP contribution in [-0.2, 0) is 6.54 Å². The summed E-state index contributed by atoms with van der Waals surface area (Å²) in [6.45, 7) is 1.08. The number of aliphatic hydroxyl groups excluding tert-OH is 1. The number of ketones is 1. The van der Waals surface area contributed by atoms with Crippen molar-refractivity contribution >= 4 is 27.5 Å². The van der Waals surface area contributed by atoms with E-state index in [0.29, 0.717) is 0 Å². The number of carbonyl (C=O) groups is 1. The predicted octanol–water partition coefficient (Wildman–Crippen LogP) is 5.19. The minimum atomic E-state index is 0.0668. The minimum Gasteiger partial charge on any atom is -0.396 e. The Bertz CT molecular complexity index is 1090. The molecule has 4 rings (SSSR count). The van der Waals surface area contributed by atoms with Gasteiger partial charge in [0.15, 0.2) is 5.78 Å². The van der Waals surface area contributed by atoms with Gasteiger partial charge in [0.05, 0.1) is 0 Å². The Morgan fingerprint density at radius 3 is 2.37 bits per heavy atom. The summed E-state index contributed by atoms with van der Waals surface area (Å²) in [5, 5.41) is 12.0. The average Bonchev–Trinajstić information content (AvgIpc) is 3.09. The largest absolute Gasteiger partial charge is 0.396 e. The number of hydrogen-bond donors (Lipinski definition) is 1. The van der Waals surface area contributed by atoms with Crippen molar-refractivity contribution in [2.24, 2.45) is 0 Å². The summed E-state index contributed by atoms with van der Waals surface area (Å²) in [6, 6.07) is 22.0. The number of fused-ring (bicyclic) bond motifs is 2. The van der Waals surface area contributed by atoms with Crippen LogP contribution in [0.15, 0.2) is 72.9 Å². The second-order valence-electron chi connectivity index (χ2n) is 6.89. The molecule has 0 bridgehead atoms. The van der Waals surface area contributed by atoms with Crippen molar-refractivity contribution < 1.29 is 9.90 Å². The van der Waals surface area contributed by atoms with E-state index in [-0.39, 0.29) is 12.4 Å². The maximum atomic E-state index is 13.4. The van der Waals surface area contributed by atoms with Gasteiger partial charge in [0.1, 0.15) is 0 Å². The highest BCUT2D eigenvalue weighted by Crippen LogP contribution is 2.27. The zero-order valence-electron chi connectivity index (χ0n) is 15.3. The molecule has 0 amide bonds. The molecule has 0 saturated heterocycles. The van der Waals surface area contributed by atoms with Gasteiger partial charge in [0.2, 0.25) is 0 Å². The third kappa shape index (κ3) is 3.38. The summed E-state index contributed by atoms with van der Waals surface area (Å²) in [4.78, 5) is 13.4. The Kier molecular flexibility index (Phi) is 5.03. The number of benzene rings is 3. The number of nitrogens with zero attached hydrogens (tertiary/aromatic N) is 1. The highest BCUT2D eigenvalue weighted by molar-refractivity contribution is 6.21. The lowest BCUT2D eigenvalue weighted by atomic mass is 9.97. The summed E-state index contributed by atoms with van der Waals surface area (Å²) < 4.78 is 2.17. The molecular formula is C24H23NO2. The number of carbonyl (C=O) groups excluding carboxylic acids is 1. The van der Waals surface area contributed by atoms with Gasteiger partial charge in [-0.1, -0.05) is 60.7 Å². The summed E-state index contributed by atoms with van der Waals surface area (Å²) in [5.74, 6) is 0.0668. The Morgan fingerprint density at radius 2 is 1.52 bits per heavy atom. The van der Waals surface area contributed by atoms with Crippen molar-refractivity contribution in [1.29, 1.82) is 0 Å². The summed E-state index contributed by atoms with van der Waals surface area (Å²) in [5.41, 5.74) is 2.59. The Labute approximate surface area is 158 Å². The van der Waals surface area contributed by atoms with Gasteiger partial charge in [-0.25, -0.2) is 0 Å². The fraction of sp³-hybridized carbons (Fsp3) is 0.208. The van der Waals surface area contributed by atoms with Gasteiger partial charge >= 0.3 is 0 Å². The molecule has 1 N–H and O–H groups in total. The van der Waals surface area contributed by atoms with E-state index in [9.17, 15) is 4.79 Å². The summed E-state index contributed by atoms with van der Waals surface area (Å²) in [6.07, 6.45) is 4.78. The van der Waals surface area contributed by atoms with Crippen LogP contribution >= 0.6 is 0 Å². The van der Waals surface area contributed by atoms with E-state index in [2.05, 4.69) is 10.6 Å². The van der Waals surface area contributed by atoms with Crippen LogP contribution in [0.1, 0.15) is 35.2 Å². The molecule has 27 heavy (non-hydrogen) atoms. The zero-order valence-corrected chi connectivity index (χ0v) is 15.3. The number of para-hydroxylation sites is 1. The Balaban J connectivity index is 1.75. The van der Waals surface area contributed by atoms with Crippen LogP contribution in [0.5, 0.6) is 0 Å². The first kappa shape index (κ1) is 17.5. The van der Waals surface area contributed by atoms with Gasteiger partial charge < -0.3 is 9.67 Å². The number of aryl methyl sites for hydroxylation is 1. The van der Waals surface area contributed by atoms with Gasteiger partial charge in [-0.2, -0.15) is 0 Å². The fourth-order valence-electron chi connectivity index (χ4n) is 3.75. The van der Waals surface area contributed by atoms with E-state index < -0.39 is 0 Å². The lowest BCUT2D eigenvalue weighted by molar-refractivity contribution is 0.104.